The summed E-state index contributed by atoms with van der Waals surface area (Å²) < 4.78 is 4.27. The van der Waals surface area contributed by atoms with Crippen LogP contribution in [0.2, 0.25) is 0 Å². The maximum Gasteiger partial charge on any atom is 0.305 e. The zero-order chi connectivity index (χ0) is 6.57. The molecule has 0 aromatic rings. The zero-order valence-electron chi connectivity index (χ0n) is 4.82. The SMILES string of the molecule is CNC(=O)C(=N)OC. The third-order valence-electron chi connectivity index (χ3n) is 0.637. The molecule has 0 radical (unpaired) electrons. The molecule has 4 heteroatoms. The van der Waals surface area contributed by atoms with Crippen LogP contribution in [0.25, 0.3) is 0 Å². The standard InChI is InChI=1S/C4H8N2O2/c1-6-4(7)3(5)8-2/h5H,1-2H3,(H,6,7). The van der Waals surface area contributed by atoms with Crippen LogP contribution in [0.15, 0.2) is 0 Å². The van der Waals surface area contributed by atoms with E-state index in [9.17, 15) is 4.79 Å². The van der Waals surface area contributed by atoms with Crippen LogP contribution in [0.3, 0.4) is 0 Å². The Hall–Kier alpha value is -1.06. The topological polar surface area (TPSA) is 62.2 Å². The third kappa shape index (κ3) is 1.59. The van der Waals surface area contributed by atoms with Gasteiger partial charge in [0.05, 0.1) is 7.11 Å². The van der Waals surface area contributed by atoms with Crippen LogP contribution in [-0.4, -0.2) is 26.0 Å². The second kappa shape index (κ2) is 3.01. The lowest BCUT2D eigenvalue weighted by Gasteiger charge is -1.96. The lowest BCUT2D eigenvalue weighted by molar-refractivity contribution is -0.115. The average Bonchev–Trinajstić information content (AvgIpc) is 1.84. The number of amides is 1. The molecule has 8 heavy (non-hydrogen) atoms. The van der Waals surface area contributed by atoms with Crippen molar-refractivity contribution in [2.45, 2.75) is 0 Å². The predicted octanol–water partition coefficient (Wildman–Crippen LogP) is -0.644. The highest BCUT2D eigenvalue weighted by molar-refractivity contribution is 6.33. The number of carbonyl (C=O) groups excluding carboxylic acids is 1. The van der Waals surface area contributed by atoms with Crippen LogP contribution in [0.5, 0.6) is 0 Å². The van der Waals surface area contributed by atoms with Crippen LogP contribution in [0, 0.1) is 5.41 Å². The molecule has 4 nitrogen and oxygen atoms in total. The van der Waals surface area contributed by atoms with Crippen LogP contribution < -0.4 is 5.32 Å². The van der Waals surface area contributed by atoms with E-state index in [0.29, 0.717) is 0 Å². The van der Waals surface area contributed by atoms with Gasteiger partial charge in [0.25, 0.3) is 5.90 Å². The Kier molecular flexibility index (Phi) is 2.61. The number of nitrogens with one attached hydrogen (secondary N) is 2. The predicted molar refractivity (Wildman–Crippen MR) is 28.8 cm³/mol. The number of rotatable bonds is 0. The molecule has 1 amide bonds. The van der Waals surface area contributed by atoms with Gasteiger partial charge in [0.2, 0.25) is 0 Å². The van der Waals surface area contributed by atoms with E-state index in [-0.39, 0.29) is 5.90 Å². The summed E-state index contributed by atoms with van der Waals surface area (Å²) in [6.07, 6.45) is 0. The first-order valence-electron chi connectivity index (χ1n) is 2.07. The Morgan fingerprint density at radius 2 is 2.25 bits per heavy atom. The van der Waals surface area contributed by atoms with Crippen molar-refractivity contribution >= 4 is 11.8 Å². The first kappa shape index (κ1) is 6.94. The second-order valence-electron chi connectivity index (χ2n) is 1.11. The Morgan fingerprint density at radius 1 is 1.75 bits per heavy atom. The summed E-state index contributed by atoms with van der Waals surface area (Å²) >= 11 is 0. The second-order valence-corrected chi connectivity index (χ2v) is 1.11. The van der Waals surface area contributed by atoms with Gasteiger partial charge in [-0.15, -0.1) is 0 Å². The monoisotopic (exact) mass is 116 g/mol. The minimum Gasteiger partial charge on any atom is -0.477 e. The maximum absolute atomic E-state index is 10.3. The molecule has 0 heterocycles. The summed E-state index contributed by atoms with van der Waals surface area (Å²) in [5.41, 5.74) is 0. The molecule has 0 fully saturated rings. The van der Waals surface area contributed by atoms with E-state index in [2.05, 4.69) is 10.1 Å². The van der Waals surface area contributed by atoms with Crippen LogP contribution in [0.1, 0.15) is 0 Å². The molecule has 46 valence electrons. The van der Waals surface area contributed by atoms with Crippen molar-refractivity contribution in [3.63, 3.8) is 0 Å². The van der Waals surface area contributed by atoms with Crippen molar-refractivity contribution < 1.29 is 9.53 Å². The van der Waals surface area contributed by atoms with Crippen LogP contribution in [0.4, 0.5) is 0 Å². The van der Waals surface area contributed by atoms with E-state index in [1.54, 1.807) is 0 Å². The van der Waals surface area contributed by atoms with Gasteiger partial charge in [-0.3, -0.25) is 10.2 Å². The molecule has 0 aromatic carbocycles. The summed E-state index contributed by atoms with van der Waals surface area (Å²) in [7, 11) is 2.72. The number of ether oxygens (including phenoxy) is 1. The molecule has 0 aliphatic carbocycles. The number of hydrogen-bond acceptors (Lipinski definition) is 3. The summed E-state index contributed by atoms with van der Waals surface area (Å²) in [5.74, 6) is -0.875. The molecule has 0 saturated heterocycles. The van der Waals surface area contributed by atoms with Gasteiger partial charge in [-0.05, 0) is 0 Å². The lowest BCUT2D eigenvalue weighted by Crippen LogP contribution is -2.27. The summed E-state index contributed by atoms with van der Waals surface area (Å²) in [6, 6.07) is 0. The van der Waals surface area contributed by atoms with Gasteiger partial charge >= 0.3 is 5.91 Å². The van der Waals surface area contributed by atoms with Crippen molar-refractivity contribution in [1.82, 2.24) is 5.32 Å². The van der Waals surface area contributed by atoms with Gasteiger partial charge in [-0.2, -0.15) is 0 Å². The zero-order valence-corrected chi connectivity index (χ0v) is 4.82. The summed E-state index contributed by atoms with van der Waals surface area (Å²) in [5, 5.41) is 8.94. The molecular formula is C4H8N2O2. The maximum atomic E-state index is 10.3. The fourth-order valence-electron chi connectivity index (χ4n) is 0.206. The fraction of sp³-hybridized carbons (Fsp3) is 0.500. The van der Waals surface area contributed by atoms with Crippen molar-refractivity contribution in [2.75, 3.05) is 14.2 Å². The molecule has 0 aliphatic rings. The first-order chi connectivity index (χ1) is 3.72. The molecule has 0 aromatic heterocycles. The van der Waals surface area contributed by atoms with Gasteiger partial charge in [0, 0.05) is 7.05 Å². The minimum absolute atomic E-state index is 0.368. The van der Waals surface area contributed by atoms with E-state index in [0.717, 1.165) is 0 Å². The number of methoxy groups -OCH3 is 1. The Morgan fingerprint density at radius 3 is 2.38 bits per heavy atom. The lowest BCUT2D eigenvalue weighted by atomic mass is 10.6. The quantitative estimate of drug-likeness (QED) is 0.326. The number of carbonyl (C=O) groups is 1. The van der Waals surface area contributed by atoms with E-state index >= 15 is 0 Å². The van der Waals surface area contributed by atoms with Crippen molar-refractivity contribution in [3.8, 4) is 0 Å². The highest BCUT2D eigenvalue weighted by Crippen LogP contribution is 1.70. The Labute approximate surface area is 47.3 Å². The first-order valence-corrected chi connectivity index (χ1v) is 2.07. The molecule has 0 atom stereocenters. The van der Waals surface area contributed by atoms with E-state index in [4.69, 9.17) is 5.41 Å². The van der Waals surface area contributed by atoms with E-state index in [1.807, 2.05) is 0 Å². The van der Waals surface area contributed by atoms with Crippen LogP contribution in [-0.2, 0) is 9.53 Å². The van der Waals surface area contributed by atoms with Crippen molar-refractivity contribution in [2.24, 2.45) is 0 Å². The highest BCUT2D eigenvalue weighted by atomic mass is 16.5. The van der Waals surface area contributed by atoms with Gasteiger partial charge in [0.15, 0.2) is 0 Å². The Bertz CT molecular complexity index is 96.6. The normalized spacial score (nSPS) is 7.75. The van der Waals surface area contributed by atoms with Crippen LogP contribution >= 0.6 is 0 Å². The summed E-state index contributed by atoms with van der Waals surface area (Å²) in [4.78, 5) is 10.3. The molecule has 0 spiro atoms. The Balaban J connectivity index is 3.64. The average molecular weight is 116 g/mol. The molecule has 0 rings (SSSR count). The minimum atomic E-state index is -0.507. The molecular weight excluding hydrogens is 108 g/mol. The molecule has 0 saturated carbocycles. The molecule has 0 bridgehead atoms. The molecule has 2 N–H and O–H groups in total. The third-order valence-corrected chi connectivity index (χ3v) is 0.637. The number of likely N-dealkylation sites (N-methyl/N-ethyl adjacent to an activating group) is 1. The van der Waals surface area contributed by atoms with Gasteiger partial charge in [0.1, 0.15) is 0 Å². The van der Waals surface area contributed by atoms with Gasteiger partial charge < -0.3 is 10.1 Å². The fourth-order valence-corrected chi connectivity index (χ4v) is 0.206. The number of hydrogen-bond donors (Lipinski definition) is 2. The smallest absolute Gasteiger partial charge is 0.305 e. The largest absolute Gasteiger partial charge is 0.477 e. The molecule has 0 unspecified atom stereocenters. The van der Waals surface area contributed by atoms with Gasteiger partial charge in [-0.25, -0.2) is 0 Å². The van der Waals surface area contributed by atoms with Crippen molar-refractivity contribution in [3.05, 3.63) is 0 Å². The van der Waals surface area contributed by atoms with Crippen molar-refractivity contribution in [1.29, 1.82) is 5.41 Å². The highest BCUT2D eigenvalue weighted by Gasteiger charge is 2.03. The van der Waals surface area contributed by atoms with E-state index < -0.39 is 5.91 Å². The molecule has 0 aliphatic heterocycles. The summed E-state index contributed by atoms with van der Waals surface area (Å²) in [6.45, 7) is 0. The van der Waals surface area contributed by atoms with Gasteiger partial charge in [-0.1, -0.05) is 0 Å². The van der Waals surface area contributed by atoms with E-state index in [1.165, 1.54) is 14.2 Å².